The number of fused-ring (bicyclic) bond motifs is 1. The molecule has 5 unspecified atom stereocenters. The number of ether oxygens (including phenoxy) is 2. The molecule has 4 N–H and O–H groups in total. The number of hydrogen-bond donors (Lipinski definition) is 4. The molecule has 2 aromatic heterocycles. The Kier molecular flexibility index (Phi) is 12.6. The maximum Gasteiger partial charge on any atom is 0.408 e. The summed E-state index contributed by atoms with van der Waals surface area (Å²) in [5.74, 6) is -2.52. The number of likely N-dealkylation sites (tertiary alicyclic amines) is 1. The van der Waals surface area contributed by atoms with Crippen molar-refractivity contribution in [3.8, 4) is 17.1 Å². The molecule has 3 fully saturated rings. The van der Waals surface area contributed by atoms with Crippen LogP contribution in [0.5, 0.6) is 5.75 Å². The largest absolute Gasteiger partial charge is 0.488 e. The number of nitrogens with one attached hydrogen (secondary N) is 3. The summed E-state index contributed by atoms with van der Waals surface area (Å²) in [6.07, 6.45) is 3.80. The third-order valence-electron chi connectivity index (χ3n) is 11.4. The number of carbonyl (C=O) groups excluding carboxylic acids is 4. The molecule has 3 aliphatic rings. The number of anilines is 2. The molecule has 1 aromatic carbocycles. The highest BCUT2D eigenvalue weighted by molar-refractivity contribution is 7.14. The molecule has 0 bridgehead atoms. The molecule has 2 aliphatic carbocycles. The fraction of sp³-hybridized carbons (Fsp3) is 0.568. The van der Waals surface area contributed by atoms with Crippen molar-refractivity contribution in [2.45, 2.75) is 123 Å². The molecular weight excluding hydrogens is 787 g/mol. The fourth-order valence-corrected chi connectivity index (χ4v) is 8.86. The molecule has 3 heterocycles. The zero-order valence-electron chi connectivity index (χ0n) is 36.1. The Morgan fingerprint density at radius 3 is 2.35 bits per heavy atom. The smallest absolute Gasteiger partial charge is 0.408 e. The predicted octanol–water partition coefficient (Wildman–Crippen LogP) is 6.68. The van der Waals surface area contributed by atoms with Gasteiger partial charge in [0.2, 0.25) is 17.7 Å². The SMILES string of the molecule is C=CC1CC1(NC(=O)C1CC(Oc2cc(-c3csc(NC(=O)CC(C)(C)C)n3)nc3cc(N(C)C)c(C)cc23)CN1C(=O)C(NC(=O)OC1CCCC1)C(C)(C)C)C(=O)O. The topological polar surface area (TPSA) is 192 Å². The standard InChI is InChI=1S/C44H59N7O8S/c1-11-25-20-44(25,39(55)56)49-37(53)33-17-27(22-51(33)38(54)36(43(6,7)8)48-41(57)59-26-14-12-13-15-26)58-34-19-30(45-29-18-32(50(9)10)24(2)16-28(29)34)31-23-60-40(46-31)47-35(52)21-42(3,4)5/h11,16,18-19,23,25-27,33,36H,1,12-15,17,20-22H2,2-10H3,(H,48,57)(H,49,53)(H,55,56)(H,46,47,52). The van der Waals surface area contributed by atoms with Crippen molar-refractivity contribution in [2.24, 2.45) is 16.7 Å². The minimum Gasteiger partial charge on any atom is -0.488 e. The van der Waals surface area contributed by atoms with E-state index in [9.17, 15) is 29.1 Å². The van der Waals surface area contributed by atoms with Crippen molar-refractivity contribution in [1.82, 2.24) is 25.5 Å². The first-order valence-corrected chi connectivity index (χ1v) is 21.5. The second kappa shape index (κ2) is 17.0. The van der Waals surface area contributed by atoms with E-state index in [0.29, 0.717) is 39.6 Å². The summed E-state index contributed by atoms with van der Waals surface area (Å²) >= 11 is 1.28. The van der Waals surface area contributed by atoms with Gasteiger partial charge in [-0.25, -0.2) is 19.6 Å². The van der Waals surface area contributed by atoms with Crippen LogP contribution in [0, 0.1) is 23.7 Å². The first-order valence-electron chi connectivity index (χ1n) is 20.6. The lowest BCUT2D eigenvalue weighted by atomic mass is 9.85. The van der Waals surface area contributed by atoms with Crippen LogP contribution >= 0.6 is 11.3 Å². The molecule has 5 atom stereocenters. The lowest BCUT2D eigenvalue weighted by molar-refractivity contribution is -0.146. The summed E-state index contributed by atoms with van der Waals surface area (Å²) in [5, 5.41) is 21.5. The molecule has 0 radical (unpaired) electrons. The number of benzene rings is 1. The average molecular weight is 846 g/mol. The molecule has 15 nitrogen and oxygen atoms in total. The molecule has 324 valence electrons. The zero-order chi connectivity index (χ0) is 43.9. The van der Waals surface area contributed by atoms with Crippen LogP contribution in [0.3, 0.4) is 0 Å². The molecule has 1 saturated heterocycles. The minimum atomic E-state index is -1.53. The summed E-state index contributed by atoms with van der Waals surface area (Å²) < 4.78 is 12.5. The highest BCUT2D eigenvalue weighted by Gasteiger charge is 2.61. The number of aryl methyl sites for hydroxylation is 1. The molecule has 16 heteroatoms. The first-order chi connectivity index (χ1) is 28.1. The molecule has 6 rings (SSSR count). The van der Waals surface area contributed by atoms with E-state index < -0.39 is 58.9 Å². The predicted molar refractivity (Wildman–Crippen MR) is 231 cm³/mol. The van der Waals surface area contributed by atoms with Gasteiger partial charge in [-0.1, -0.05) is 47.6 Å². The number of rotatable bonds is 13. The number of alkyl carbamates (subject to hydrolysis) is 1. The van der Waals surface area contributed by atoms with Gasteiger partial charge in [0, 0.05) is 55.4 Å². The van der Waals surface area contributed by atoms with Gasteiger partial charge in [0.15, 0.2) is 5.13 Å². The Bertz CT molecular complexity index is 2170. The van der Waals surface area contributed by atoms with Crippen LogP contribution in [-0.2, 0) is 23.9 Å². The number of amides is 4. The van der Waals surface area contributed by atoms with Gasteiger partial charge in [0.05, 0.1) is 17.8 Å². The lowest BCUT2D eigenvalue weighted by Gasteiger charge is -2.35. The van der Waals surface area contributed by atoms with E-state index in [0.717, 1.165) is 36.9 Å². The van der Waals surface area contributed by atoms with E-state index in [1.165, 1.54) is 22.3 Å². The summed E-state index contributed by atoms with van der Waals surface area (Å²) in [7, 11) is 3.89. The number of aromatic nitrogens is 2. The van der Waals surface area contributed by atoms with Crippen LogP contribution in [0.15, 0.2) is 36.2 Å². The number of carboxylic acids is 1. The van der Waals surface area contributed by atoms with Crippen LogP contribution in [0.1, 0.15) is 92.1 Å². The number of thiazole rings is 1. The van der Waals surface area contributed by atoms with E-state index in [1.807, 2.05) is 85.0 Å². The molecule has 2 saturated carbocycles. The van der Waals surface area contributed by atoms with Crippen molar-refractivity contribution in [3.63, 3.8) is 0 Å². The Morgan fingerprint density at radius 2 is 1.75 bits per heavy atom. The van der Waals surface area contributed by atoms with Crippen molar-refractivity contribution in [2.75, 3.05) is 30.9 Å². The summed E-state index contributed by atoms with van der Waals surface area (Å²) in [6, 6.07) is 3.49. The number of aliphatic carboxylic acids is 1. The number of carboxylic acid groups (broad SMARTS) is 1. The van der Waals surface area contributed by atoms with Crippen molar-refractivity contribution in [1.29, 1.82) is 0 Å². The van der Waals surface area contributed by atoms with Crippen LogP contribution < -0.4 is 25.6 Å². The van der Waals surface area contributed by atoms with Crippen LogP contribution in [0.25, 0.3) is 22.3 Å². The zero-order valence-corrected chi connectivity index (χ0v) is 37.0. The summed E-state index contributed by atoms with van der Waals surface area (Å²) in [4.78, 5) is 80.4. The second-order valence-corrected chi connectivity index (χ2v) is 19.8. The number of carbonyl (C=O) groups is 5. The van der Waals surface area contributed by atoms with Crippen molar-refractivity contribution >= 4 is 62.8 Å². The maximum atomic E-state index is 14.7. The van der Waals surface area contributed by atoms with Crippen LogP contribution in [-0.4, -0.2) is 100 Å². The second-order valence-electron chi connectivity index (χ2n) is 18.9. The van der Waals surface area contributed by atoms with E-state index in [2.05, 4.69) is 22.5 Å². The monoisotopic (exact) mass is 845 g/mol. The Hall–Kier alpha value is -5.25. The Morgan fingerprint density at radius 1 is 1.05 bits per heavy atom. The quantitative estimate of drug-likeness (QED) is 0.134. The van der Waals surface area contributed by atoms with Crippen molar-refractivity contribution < 1.29 is 38.6 Å². The van der Waals surface area contributed by atoms with Crippen molar-refractivity contribution in [3.05, 3.63) is 41.8 Å². The van der Waals surface area contributed by atoms with Gasteiger partial charge >= 0.3 is 12.1 Å². The summed E-state index contributed by atoms with van der Waals surface area (Å²) in [6.45, 7) is 17.1. The lowest BCUT2D eigenvalue weighted by Crippen LogP contribution is -2.59. The maximum absolute atomic E-state index is 14.7. The Labute approximate surface area is 355 Å². The number of nitrogens with zero attached hydrogens (tertiary/aromatic N) is 4. The van der Waals surface area contributed by atoms with Gasteiger partial charge in [-0.15, -0.1) is 17.9 Å². The van der Waals surface area contributed by atoms with E-state index in [-0.39, 0.29) is 36.8 Å². The van der Waals surface area contributed by atoms with Crippen LogP contribution in [0.2, 0.25) is 0 Å². The molecule has 3 aromatic rings. The summed E-state index contributed by atoms with van der Waals surface area (Å²) in [5.41, 5.74) is 1.01. The highest BCUT2D eigenvalue weighted by Crippen LogP contribution is 2.45. The fourth-order valence-electron chi connectivity index (χ4n) is 8.14. The van der Waals surface area contributed by atoms with E-state index in [1.54, 1.807) is 6.07 Å². The molecule has 0 spiro atoms. The van der Waals surface area contributed by atoms with E-state index in [4.69, 9.17) is 19.4 Å². The van der Waals surface area contributed by atoms with Gasteiger partial charge in [0.1, 0.15) is 41.3 Å². The van der Waals surface area contributed by atoms with Gasteiger partial charge in [-0.05, 0) is 67.6 Å². The Balaban J connectivity index is 1.34. The first kappa shape index (κ1) is 44.3. The average Bonchev–Trinajstić information content (AvgIpc) is 3.55. The van der Waals surface area contributed by atoms with E-state index >= 15 is 0 Å². The van der Waals surface area contributed by atoms with Crippen LogP contribution in [0.4, 0.5) is 15.6 Å². The number of hydrogen-bond acceptors (Lipinski definition) is 11. The highest BCUT2D eigenvalue weighted by atomic mass is 32.1. The molecule has 60 heavy (non-hydrogen) atoms. The minimum absolute atomic E-state index is 0.0317. The number of pyridine rings is 1. The molecule has 4 amide bonds. The van der Waals surface area contributed by atoms with Gasteiger partial charge in [0.25, 0.3) is 0 Å². The molecular formula is C44H59N7O8S. The molecule has 1 aliphatic heterocycles. The van der Waals surface area contributed by atoms with Gasteiger partial charge < -0.3 is 40.3 Å². The third kappa shape index (κ3) is 9.85. The van der Waals surface area contributed by atoms with Gasteiger partial charge in [-0.3, -0.25) is 14.4 Å². The third-order valence-corrected chi connectivity index (χ3v) is 12.2. The normalized spacial score (nSPS) is 22.2. The van der Waals surface area contributed by atoms with Gasteiger partial charge in [-0.2, -0.15) is 0 Å².